The van der Waals surface area contributed by atoms with Gasteiger partial charge in [-0.2, -0.15) is 0 Å². The molecular formula is C9H16FN. The van der Waals surface area contributed by atoms with E-state index in [2.05, 4.69) is 11.8 Å². The third-order valence-electron chi connectivity index (χ3n) is 1.49. The quantitative estimate of drug-likeness (QED) is 0.489. The number of hydrogen-bond acceptors (Lipinski definition) is 1. The fraction of sp³-hybridized carbons (Fsp3) is 0.778. The van der Waals surface area contributed by atoms with Gasteiger partial charge in [0.2, 0.25) is 0 Å². The van der Waals surface area contributed by atoms with E-state index in [9.17, 15) is 4.39 Å². The molecule has 0 aromatic rings. The van der Waals surface area contributed by atoms with Crippen LogP contribution in [0.2, 0.25) is 0 Å². The van der Waals surface area contributed by atoms with Gasteiger partial charge in [-0.05, 0) is 39.7 Å². The first-order valence-corrected chi connectivity index (χ1v) is 3.95. The molecule has 0 aromatic carbocycles. The molecule has 2 heteroatoms. The largest absolute Gasteiger partial charge is 0.330 e. The highest BCUT2D eigenvalue weighted by Crippen LogP contribution is 2.16. The fourth-order valence-corrected chi connectivity index (χ4v) is 0.924. The summed E-state index contributed by atoms with van der Waals surface area (Å²) in [5, 5.41) is 0. The Labute approximate surface area is 68.2 Å². The number of halogens is 1. The molecule has 64 valence electrons. The number of alkyl halides is 1. The maximum atomic E-state index is 13.2. The van der Waals surface area contributed by atoms with Crippen LogP contribution in [0.5, 0.6) is 0 Å². The fourth-order valence-electron chi connectivity index (χ4n) is 0.924. The second-order valence-electron chi connectivity index (χ2n) is 2.82. The molecule has 1 atom stereocenters. The van der Waals surface area contributed by atoms with Crippen molar-refractivity contribution in [3.05, 3.63) is 0 Å². The Balaban J connectivity index is 3.61. The summed E-state index contributed by atoms with van der Waals surface area (Å²) in [6.07, 6.45) is 2.19. The topological polar surface area (TPSA) is 26.0 Å². The van der Waals surface area contributed by atoms with E-state index in [4.69, 9.17) is 5.73 Å². The predicted molar refractivity (Wildman–Crippen MR) is 45.9 cm³/mol. The van der Waals surface area contributed by atoms with Crippen molar-refractivity contribution in [2.45, 2.75) is 38.8 Å². The van der Waals surface area contributed by atoms with Gasteiger partial charge >= 0.3 is 0 Å². The Morgan fingerprint density at radius 2 is 2.09 bits per heavy atom. The number of nitrogens with two attached hydrogens (primary N) is 1. The molecule has 0 saturated heterocycles. The van der Waals surface area contributed by atoms with Gasteiger partial charge in [-0.15, -0.1) is 5.92 Å². The van der Waals surface area contributed by atoms with Crippen LogP contribution in [0, 0.1) is 11.8 Å². The van der Waals surface area contributed by atoms with Crippen molar-refractivity contribution >= 4 is 0 Å². The summed E-state index contributed by atoms with van der Waals surface area (Å²) in [5.74, 6) is 5.10. The molecule has 2 N–H and O–H groups in total. The summed E-state index contributed by atoms with van der Waals surface area (Å²) in [6, 6.07) is 0. The summed E-state index contributed by atoms with van der Waals surface area (Å²) >= 11 is 0. The lowest BCUT2D eigenvalue weighted by Gasteiger charge is -2.11. The van der Waals surface area contributed by atoms with Crippen LogP contribution in [0.4, 0.5) is 4.39 Å². The smallest absolute Gasteiger partial charge is 0.168 e. The third-order valence-corrected chi connectivity index (χ3v) is 1.49. The SMILES string of the molecule is CC#CC(C)(F)CCCCN. The van der Waals surface area contributed by atoms with E-state index in [1.165, 1.54) is 6.92 Å². The number of rotatable bonds is 4. The summed E-state index contributed by atoms with van der Waals surface area (Å²) in [7, 11) is 0. The van der Waals surface area contributed by atoms with Crippen LogP contribution in [0.15, 0.2) is 0 Å². The average molecular weight is 157 g/mol. The minimum Gasteiger partial charge on any atom is -0.330 e. The average Bonchev–Trinajstić information content (AvgIpc) is 1.87. The van der Waals surface area contributed by atoms with E-state index in [1.54, 1.807) is 6.92 Å². The van der Waals surface area contributed by atoms with Gasteiger partial charge in [-0.25, -0.2) is 4.39 Å². The highest BCUT2D eigenvalue weighted by atomic mass is 19.1. The Bertz CT molecular complexity index is 153. The third kappa shape index (κ3) is 5.87. The first-order valence-electron chi connectivity index (χ1n) is 3.95. The molecule has 0 aromatic heterocycles. The first kappa shape index (κ1) is 10.4. The van der Waals surface area contributed by atoms with Crippen molar-refractivity contribution in [2.75, 3.05) is 6.54 Å². The maximum absolute atomic E-state index is 13.2. The second-order valence-corrected chi connectivity index (χ2v) is 2.82. The lowest BCUT2D eigenvalue weighted by atomic mass is 10.0. The molecule has 0 bridgehead atoms. The van der Waals surface area contributed by atoms with E-state index in [0.29, 0.717) is 13.0 Å². The Morgan fingerprint density at radius 1 is 1.45 bits per heavy atom. The predicted octanol–water partition coefficient (Wildman–Crippen LogP) is 1.87. The molecule has 0 aliphatic carbocycles. The normalized spacial score (nSPS) is 14.9. The summed E-state index contributed by atoms with van der Waals surface area (Å²) in [4.78, 5) is 0. The zero-order valence-corrected chi connectivity index (χ0v) is 7.28. The minimum absolute atomic E-state index is 0.491. The van der Waals surface area contributed by atoms with Crippen LogP contribution < -0.4 is 5.73 Å². The molecule has 0 saturated carbocycles. The van der Waals surface area contributed by atoms with Gasteiger partial charge in [0.1, 0.15) is 0 Å². The van der Waals surface area contributed by atoms with Gasteiger partial charge in [0.05, 0.1) is 0 Å². The lowest BCUT2D eigenvalue weighted by molar-refractivity contribution is 0.247. The van der Waals surface area contributed by atoms with Gasteiger partial charge in [0, 0.05) is 0 Å². The zero-order chi connectivity index (χ0) is 8.74. The lowest BCUT2D eigenvalue weighted by Crippen LogP contribution is -2.15. The van der Waals surface area contributed by atoms with E-state index < -0.39 is 5.67 Å². The van der Waals surface area contributed by atoms with Gasteiger partial charge < -0.3 is 5.73 Å². The molecule has 0 spiro atoms. The van der Waals surface area contributed by atoms with E-state index in [-0.39, 0.29) is 0 Å². The monoisotopic (exact) mass is 157 g/mol. The van der Waals surface area contributed by atoms with Crippen LogP contribution in [0.1, 0.15) is 33.1 Å². The van der Waals surface area contributed by atoms with Crippen molar-refractivity contribution in [1.82, 2.24) is 0 Å². The Hall–Kier alpha value is -0.550. The number of unbranched alkanes of at least 4 members (excludes halogenated alkanes) is 1. The number of hydrogen-bond donors (Lipinski definition) is 1. The van der Waals surface area contributed by atoms with E-state index in [1.807, 2.05) is 0 Å². The molecule has 0 amide bonds. The highest BCUT2D eigenvalue weighted by Gasteiger charge is 2.17. The maximum Gasteiger partial charge on any atom is 0.168 e. The second kappa shape index (κ2) is 5.15. The zero-order valence-electron chi connectivity index (χ0n) is 7.28. The van der Waals surface area contributed by atoms with Crippen LogP contribution in [0.3, 0.4) is 0 Å². The molecule has 0 radical (unpaired) electrons. The van der Waals surface area contributed by atoms with Gasteiger partial charge in [-0.1, -0.05) is 5.92 Å². The van der Waals surface area contributed by atoms with Crippen LogP contribution in [-0.4, -0.2) is 12.2 Å². The van der Waals surface area contributed by atoms with Crippen molar-refractivity contribution in [3.8, 4) is 11.8 Å². The molecule has 0 rings (SSSR count). The van der Waals surface area contributed by atoms with Gasteiger partial charge in [0.25, 0.3) is 0 Å². The van der Waals surface area contributed by atoms with Crippen molar-refractivity contribution in [1.29, 1.82) is 0 Å². The van der Waals surface area contributed by atoms with Crippen molar-refractivity contribution < 1.29 is 4.39 Å². The molecule has 0 fully saturated rings. The van der Waals surface area contributed by atoms with Crippen LogP contribution in [-0.2, 0) is 0 Å². The summed E-state index contributed by atoms with van der Waals surface area (Å²) in [6.45, 7) is 3.80. The molecule has 11 heavy (non-hydrogen) atoms. The first-order chi connectivity index (χ1) is 5.12. The standard InChI is InChI=1S/C9H16FN/c1-3-6-9(2,10)7-4-5-8-11/h4-5,7-8,11H2,1-2H3. The van der Waals surface area contributed by atoms with E-state index in [0.717, 1.165) is 12.8 Å². The minimum atomic E-state index is -1.32. The summed E-state index contributed by atoms with van der Waals surface area (Å²) in [5.41, 5.74) is 3.96. The summed E-state index contributed by atoms with van der Waals surface area (Å²) < 4.78 is 13.2. The molecule has 0 aliphatic heterocycles. The van der Waals surface area contributed by atoms with Crippen molar-refractivity contribution in [3.63, 3.8) is 0 Å². The van der Waals surface area contributed by atoms with Crippen LogP contribution in [0.25, 0.3) is 0 Å². The van der Waals surface area contributed by atoms with E-state index >= 15 is 0 Å². The molecule has 1 unspecified atom stereocenters. The Morgan fingerprint density at radius 3 is 2.55 bits per heavy atom. The Kier molecular flexibility index (Phi) is 4.89. The van der Waals surface area contributed by atoms with Crippen LogP contribution >= 0.6 is 0 Å². The van der Waals surface area contributed by atoms with Gasteiger partial charge in [-0.3, -0.25) is 0 Å². The molecule has 1 nitrogen and oxygen atoms in total. The van der Waals surface area contributed by atoms with Gasteiger partial charge in [0.15, 0.2) is 5.67 Å². The highest BCUT2D eigenvalue weighted by molar-refractivity contribution is 5.10. The van der Waals surface area contributed by atoms with Crippen molar-refractivity contribution in [2.24, 2.45) is 5.73 Å². The molecule has 0 aliphatic rings. The molecule has 0 heterocycles. The molecular weight excluding hydrogens is 141 g/mol.